The van der Waals surface area contributed by atoms with Crippen LogP contribution in [0.1, 0.15) is 25.3 Å². The maximum Gasteiger partial charge on any atom is 0.161 e. The summed E-state index contributed by atoms with van der Waals surface area (Å²) in [5, 5.41) is 0. The first-order valence-corrected chi connectivity index (χ1v) is 4.84. The van der Waals surface area contributed by atoms with E-state index in [1.807, 2.05) is 12.1 Å². The van der Waals surface area contributed by atoms with Crippen molar-refractivity contribution in [1.82, 2.24) is 0 Å². The number of hydrogen-bond acceptors (Lipinski definition) is 2. The Hall–Kier alpha value is -1.18. The molecule has 0 aromatic heterocycles. The Kier molecular flexibility index (Phi) is 4.30. The van der Waals surface area contributed by atoms with Crippen molar-refractivity contribution in [1.29, 1.82) is 0 Å². The Morgan fingerprint density at radius 2 is 2.07 bits per heavy atom. The molecule has 0 fully saturated rings. The van der Waals surface area contributed by atoms with Gasteiger partial charge in [-0.2, -0.15) is 0 Å². The lowest BCUT2D eigenvalue weighted by Gasteiger charge is -2.10. The lowest BCUT2D eigenvalue weighted by Crippen LogP contribution is -1.98. The second kappa shape index (κ2) is 5.53. The van der Waals surface area contributed by atoms with E-state index >= 15 is 0 Å². The van der Waals surface area contributed by atoms with Gasteiger partial charge < -0.3 is 9.47 Å². The summed E-state index contributed by atoms with van der Waals surface area (Å²) in [4.78, 5) is 0. The van der Waals surface area contributed by atoms with Crippen molar-refractivity contribution in [3.05, 3.63) is 30.7 Å². The monoisotopic (exact) mass is 192 g/mol. The Bertz CT molecular complexity index is 282. The van der Waals surface area contributed by atoms with Crippen molar-refractivity contribution in [2.45, 2.75) is 19.8 Å². The summed E-state index contributed by atoms with van der Waals surface area (Å²) >= 11 is 0. The minimum absolute atomic E-state index is 0.685. The number of benzene rings is 1. The molecule has 1 aromatic carbocycles. The van der Waals surface area contributed by atoms with Crippen LogP contribution in [0.5, 0.6) is 11.5 Å². The molecular weight excluding hydrogens is 176 g/mol. The van der Waals surface area contributed by atoms with Gasteiger partial charge >= 0.3 is 0 Å². The van der Waals surface area contributed by atoms with E-state index in [-0.39, 0.29) is 0 Å². The fraction of sp³-hybridized carbons (Fsp3) is 0.417. The van der Waals surface area contributed by atoms with Gasteiger partial charge in [-0.1, -0.05) is 19.4 Å². The summed E-state index contributed by atoms with van der Waals surface area (Å²) in [5.41, 5.74) is 0.685. The maximum atomic E-state index is 5.62. The van der Waals surface area contributed by atoms with Crippen LogP contribution in [0.4, 0.5) is 0 Å². The normalized spacial score (nSPS) is 9.93. The van der Waals surface area contributed by atoms with Crippen molar-refractivity contribution in [2.75, 3.05) is 13.7 Å². The molecule has 1 aromatic rings. The van der Waals surface area contributed by atoms with Crippen LogP contribution in [0, 0.1) is 6.92 Å². The third kappa shape index (κ3) is 2.95. The summed E-state index contributed by atoms with van der Waals surface area (Å²) in [5.74, 6) is 1.45. The molecule has 1 rings (SSSR count). The first-order chi connectivity index (χ1) is 6.77. The zero-order chi connectivity index (χ0) is 10.4. The topological polar surface area (TPSA) is 18.5 Å². The molecule has 0 bridgehead atoms. The highest BCUT2D eigenvalue weighted by molar-refractivity contribution is 5.43. The van der Waals surface area contributed by atoms with E-state index in [2.05, 4.69) is 6.92 Å². The molecule has 2 radical (unpaired) electrons. The van der Waals surface area contributed by atoms with Crippen LogP contribution in [0.15, 0.2) is 18.2 Å². The molecule has 0 unspecified atom stereocenters. The van der Waals surface area contributed by atoms with E-state index in [9.17, 15) is 0 Å². The van der Waals surface area contributed by atoms with Crippen LogP contribution in [-0.4, -0.2) is 13.7 Å². The first-order valence-electron chi connectivity index (χ1n) is 4.84. The molecule has 0 amide bonds. The lowest BCUT2D eigenvalue weighted by atomic mass is 10.2. The summed E-state index contributed by atoms with van der Waals surface area (Å²) in [7, 11) is 1.61. The van der Waals surface area contributed by atoms with Gasteiger partial charge in [-0.3, -0.25) is 0 Å². The van der Waals surface area contributed by atoms with Gasteiger partial charge in [0, 0.05) is 0 Å². The van der Waals surface area contributed by atoms with Crippen molar-refractivity contribution < 1.29 is 9.47 Å². The molecule has 76 valence electrons. The predicted octanol–water partition coefficient (Wildman–Crippen LogP) is 2.93. The maximum absolute atomic E-state index is 5.62. The molecule has 0 N–H and O–H groups in total. The van der Waals surface area contributed by atoms with Crippen LogP contribution in [0.2, 0.25) is 0 Å². The first kappa shape index (κ1) is 10.9. The van der Waals surface area contributed by atoms with Crippen molar-refractivity contribution in [3.8, 4) is 11.5 Å². The molecule has 0 heterocycles. The fourth-order valence-corrected chi connectivity index (χ4v) is 1.13. The van der Waals surface area contributed by atoms with Gasteiger partial charge in [0.2, 0.25) is 0 Å². The average Bonchev–Trinajstić information content (AvgIpc) is 2.20. The number of unbranched alkanes of at least 4 members (excludes halogenated alkanes) is 1. The highest BCUT2D eigenvalue weighted by atomic mass is 16.5. The van der Waals surface area contributed by atoms with Crippen LogP contribution >= 0.6 is 0 Å². The standard InChI is InChI=1S/C12H16O2/c1-4-5-8-14-11-7-6-10(2)9-12(11)13-3/h2,6-7,9H,4-5,8H2,1,3H3. The quantitative estimate of drug-likeness (QED) is 0.668. The SMILES string of the molecule is [CH]c1ccc(OCCCC)c(OC)c1. The molecule has 0 aliphatic rings. The number of rotatable bonds is 5. The number of hydrogen-bond donors (Lipinski definition) is 0. The van der Waals surface area contributed by atoms with Crippen molar-refractivity contribution in [2.24, 2.45) is 0 Å². The predicted molar refractivity (Wildman–Crippen MR) is 56.8 cm³/mol. The lowest BCUT2D eigenvalue weighted by molar-refractivity contribution is 0.288. The molecule has 0 spiro atoms. The Balaban J connectivity index is 2.65. The zero-order valence-corrected chi connectivity index (χ0v) is 8.75. The third-order valence-corrected chi connectivity index (χ3v) is 1.94. The molecule has 0 aliphatic carbocycles. The molecule has 14 heavy (non-hydrogen) atoms. The van der Waals surface area contributed by atoms with Gasteiger partial charge in [-0.25, -0.2) is 0 Å². The highest BCUT2D eigenvalue weighted by Crippen LogP contribution is 2.27. The minimum atomic E-state index is 0.685. The largest absolute Gasteiger partial charge is 0.493 e. The summed E-state index contributed by atoms with van der Waals surface area (Å²) in [6.45, 7) is 8.47. The molecule has 2 heteroatoms. The van der Waals surface area contributed by atoms with Gasteiger partial charge in [0.1, 0.15) is 0 Å². The van der Waals surface area contributed by atoms with Gasteiger partial charge in [-0.05, 0) is 31.0 Å². The summed E-state index contributed by atoms with van der Waals surface area (Å²) in [6, 6.07) is 5.41. The number of ether oxygens (including phenoxy) is 2. The highest BCUT2D eigenvalue weighted by Gasteiger charge is 2.03. The summed E-state index contributed by atoms with van der Waals surface area (Å²) in [6.07, 6.45) is 2.17. The molecule has 0 saturated heterocycles. The molecule has 0 saturated carbocycles. The Labute approximate surface area is 85.8 Å². The second-order valence-electron chi connectivity index (χ2n) is 3.11. The van der Waals surface area contributed by atoms with E-state index in [4.69, 9.17) is 16.4 Å². The average molecular weight is 192 g/mol. The van der Waals surface area contributed by atoms with Crippen LogP contribution < -0.4 is 9.47 Å². The third-order valence-electron chi connectivity index (χ3n) is 1.94. The van der Waals surface area contributed by atoms with E-state index in [1.54, 1.807) is 13.2 Å². The van der Waals surface area contributed by atoms with Gasteiger partial charge in [0.05, 0.1) is 13.7 Å². The molecule has 0 atom stereocenters. The van der Waals surface area contributed by atoms with E-state index in [1.165, 1.54) is 0 Å². The van der Waals surface area contributed by atoms with Gasteiger partial charge in [0.15, 0.2) is 11.5 Å². The summed E-state index contributed by atoms with van der Waals surface area (Å²) < 4.78 is 10.7. The molecule has 2 nitrogen and oxygen atoms in total. The van der Waals surface area contributed by atoms with Crippen molar-refractivity contribution in [3.63, 3.8) is 0 Å². The van der Waals surface area contributed by atoms with Crippen LogP contribution in [0.25, 0.3) is 0 Å². The van der Waals surface area contributed by atoms with E-state index in [0.29, 0.717) is 11.3 Å². The minimum Gasteiger partial charge on any atom is -0.493 e. The van der Waals surface area contributed by atoms with Crippen LogP contribution in [-0.2, 0) is 0 Å². The Morgan fingerprint density at radius 1 is 1.29 bits per heavy atom. The van der Waals surface area contributed by atoms with Gasteiger partial charge in [-0.15, -0.1) is 0 Å². The van der Waals surface area contributed by atoms with E-state index < -0.39 is 0 Å². The fourth-order valence-electron chi connectivity index (χ4n) is 1.13. The van der Waals surface area contributed by atoms with Crippen molar-refractivity contribution >= 4 is 0 Å². The zero-order valence-electron chi connectivity index (χ0n) is 8.75. The van der Waals surface area contributed by atoms with E-state index in [0.717, 1.165) is 25.2 Å². The van der Waals surface area contributed by atoms with Crippen LogP contribution in [0.3, 0.4) is 0 Å². The number of methoxy groups -OCH3 is 1. The second-order valence-corrected chi connectivity index (χ2v) is 3.11. The molecular formula is C12H16O2. The van der Waals surface area contributed by atoms with Gasteiger partial charge in [0.25, 0.3) is 0 Å². The smallest absolute Gasteiger partial charge is 0.161 e. The molecule has 0 aliphatic heterocycles. The Morgan fingerprint density at radius 3 is 2.71 bits per heavy atom.